The lowest BCUT2D eigenvalue weighted by molar-refractivity contribution is -0.143. The van der Waals surface area contributed by atoms with E-state index in [-0.39, 0.29) is 11.8 Å². The van der Waals surface area contributed by atoms with Gasteiger partial charge < -0.3 is 10.4 Å². The van der Waals surface area contributed by atoms with E-state index in [0.717, 1.165) is 25.7 Å². The molecule has 0 heterocycles. The van der Waals surface area contributed by atoms with E-state index in [1.54, 1.807) is 0 Å². The largest absolute Gasteiger partial charge is 0.480 e. The Morgan fingerprint density at radius 1 is 1.21 bits per heavy atom. The van der Waals surface area contributed by atoms with E-state index >= 15 is 0 Å². The average Bonchev–Trinajstić information content (AvgIpc) is 2.74. The van der Waals surface area contributed by atoms with Crippen LogP contribution in [0.2, 0.25) is 0 Å². The van der Waals surface area contributed by atoms with Crippen molar-refractivity contribution in [3.63, 3.8) is 0 Å². The molecule has 2 saturated carbocycles. The van der Waals surface area contributed by atoms with Crippen LogP contribution in [-0.2, 0) is 9.59 Å². The van der Waals surface area contributed by atoms with Crippen LogP contribution >= 0.6 is 0 Å². The maximum absolute atomic E-state index is 11.6. The lowest BCUT2D eigenvalue weighted by atomic mass is 10.1. The predicted octanol–water partition coefficient (Wildman–Crippen LogP) is 0.910. The molecule has 4 nitrogen and oxygen atoms in total. The molecule has 4 heteroatoms. The van der Waals surface area contributed by atoms with Crippen molar-refractivity contribution >= 4 is 11.9 Å². The monoisotopic (exact) mass is 197 g/mol. The zero-order valence-electron chi connectivity index (χ0n) is 8.08. The molecular formula is C10H15NO3. The van der Waals surface area contributed by atoms with Gasteiger partial charge in [0.15, 0.2) is 0 Å². The quantitative estimate of drug-likeness (QED) is 0.706. The van der Waals surface area contributed by atoms with Crippen molar-refractivity contribution in [2.75, 3.05) is 0 Å². The Labute approximate surface area is 82.7 Å². The number of rotatable bonds is 3. The van der Waals surface area contributed by atoms with E-state index in [9.17, 15) is 9.59 Å². The number of amides is 1. The summed E-state index contributed by atoms with van der Waals surface area (Å²) in [6.45, 7) is 0. The topological polar surface area (TPSA) is 66.4 Å². The molecule has 0 atom stereocenters. The van der Waals surface area contributed by atoms with Gasteiger partial charge in [-0.25, -0.2) is 4.79 Å². The first kappa shape index (κ1) is 9.49. The fourth-order valence-corrected chi connectivity index (χ4v) is 2.04. The SMILES string of the molecule is O=C(NC1(C(=O)O)CC1)C1CCCC1. The molecule has 2 aliphatic carbocycles. The first-order valence-corrected chi connectivity index (χ1v) is 5.19. The van der Waals surface area contributed by atoms with Crippen LogP contribution in [0.3, 0.4) is 0 Å². The molecule has 0 aromatic carbocycles. The Kier molecular flexibility index (Phi) is 2.21. The highest BCUT2D eigenvalue weighted by Crippen LogP contribution is 2.36. The zero-order valence-corrected chi connectivity index (χ0v) is 8.08. The molecule has 2 N–H and O–H groups in total. The Morgan fingerprint density at radius 3 is 2.21 bits per heavy atom. The number of hydrogen-bond donors (Lipinski definition) is 2. The normalized spacial score (nSPS) is 24.6. The van der Waals surface area contributed by atoms with E-state index in [1.165, 1.54) is 0 Å². The molecule has 0 aliphatic heterocycles. The third kappa shape index (κ3) is 1.61. The van der Waals surface area contributed by atoms with Crippen LogP contribution in [0, 0.1) is 5.92 Å². The van der Waals surface area contributed by atoms with Crippen molar-refractivity contribution in [2.45, 2.75) is 44.1 Å². The molecule has 14 heavy (non-hydrogen) atoms. The number of carboxylic acid groups (broad SMARTS) is 1. The van der Waals surface area contributed by atoms with E-state index in [4.69, 9.17) is 5.11 Å². The number of nitrogens with one attached hydrogen (secondary N) is 1. The maximum Gasteiger partial charge on any atom is 0.329 e. The maximum atomic E-state index is 11.6. The molecular weight excluding hydrogens is 182 g/mol. The third-order valence-corrected chi connectivity index (χ3v) is 3.25. The summed E-state index contributed by atoms with van der Waals surface area (Å²) in [5.74, 6) is -0.877. The molecule has 78 valence electrons. The van der Waals surface area contributed by atoms with Crippen LogP contribution < -0.4 is 5.32 Å². The number of aliphatic carboxylic acids is 1. The van der Waals surface area contributed by atoms with Crippen LogP contribution in [0.1, 0.15) is 38.5 Å². The Bertz CT molecular complexity index is 265. The summed E-state index contributed by atoms with van der Waals surface area (Å²) in [5, 5.41) is 11.6. The molecule has 2 fully saturated rings. The number of carbonyl (C=O) groups is 2. The standard InChI is InChI=1S/C10H15NO3/c12-8(7-3-1-2-4-7)11-10(5-6-10)9(13)14/h7H,1-6H2,(H,11,12)(H,13,14). The second kappa shape index (κ2) is 3.26. The molecule has 0 radical (unpaired) electrons. The highest BCUT2D eigenvalue weighted by molar-refractivity contribution is 5.90. The Balaban J connectivity index is 1.91. The lowest BCUT2D eigenvalue weighted by Gasteiger charge is -2.15. The summed E-state index contributed by atoms with van der Waals surface area (Å²) >= 11 is 0. The average molecular weight is 197 g/mol. The van der Waals surface area contributed by atoms with Crippen molar-refractivity contribution in [2.24, 2.45) is 5.92 Å². The predicted molar refractivity (Wildman–Crippen MR) is 49.7 cm³/mol. The van der Waals surface area contributed by atoms with Gasteiger partial charge in [0.1, 0.15) is 5.54 Å². The number of hydrogen-bond acceptors (Lipinski definition) is 2. The summed E-state index contributed by atoms with van der Waals surface area (Å²) in [6, 6.07) is 0. The molecule has 0 bridgehead atoms. The fourth-order valence-electron chi connectivity index (χ4n) is 2.04. The Morgan fingerprint density at radius 2 is 1.79 bits per heavy atom. The van der Waals surface area contributed by atoms with Crippen molar-refractivity contribution in [1.82, 2.24) is 5.32 Å². The zero-order chi connectivity index (χ0) is 10.2. The molecule has 0 aromatic heterocycles. The summed E-state index contributed by atoms with van der Waals surface area (Å²) in [5.41, 5.74) is -0.903. The first-order chi connectivity index (χ1) is 6.64. The Hall–Kier alpha value is -1.06. The summed E-state index contributed by atoms with van der Waals surface area (Å²) in [6.07, 6.45) is 5.20. The van der Waals surface area contributed by atoms with Crippen LogP contribution in [0.25, 0.3) is 0 Å². The van der Waals surface area contributed by atoms with Crippen LogP contribution in [0.5, 0.6) is 0 Å². The molecule has 0 aromatic rings. The fraction of sp³-hybridized carbons (Fsp3) is 0.800. The first-order valence-electron chi connectivity index (χ1n) is 5.19. The van der Waals surface area contributed by atoms with Gasteiger partial charge in [-0.2, -0.15) is 0 Å². The lowest BCUT2D eigenvalue weighted by Crippen LogP contribution is -2.45. The van der Waals surface area contributed by atoms with Crippen molar-refractivity contribution in [3.05, 3.63) is 0 Å². The summed E-state index contributed by atoms with van der Waals surface area (Å²) < 4.78 is 0. The highest BCUT2D eigenvalue weighted by atomic mass is 16.4. The minimum atomic E-state index is -0.903. The highest BCUT2D eigenvalue weighted by Gasteiger charge is 2.52. The molecule has 0 saturated heterocycles. The van der Waals surface area contributed by atoms with Crippen LogP contribution in [0.15, 0.2) is 0 Å². The van der Waals surface area contributed by atoms with E-state index in [2.05, 4.69) is 5.32 Å². The van der Waals surface area contributed by atoms with Gasteiger partial charge >= 0.3 is 5.97 Å². The molecule has 0 spiro atoms. The number of carbonyl (C=O) groups excluding carboxylic acids is 1. The molecule has 2 rings (SSSR count). The van der Waals surface area contributed by atoms with Gasteiger partial charge in [-0.1, -0.05) is 12.8 Å². The van der Waals surface area contributed by atoms with Crippen LogP contribution in [-0.4, -0.2) is 22.5 Å². The van der Waals surface area contributed by atoms with Crippen molar-refractivity contribution in [3.8, 4) is 0 Å². The van der Waals surface area contributed by atoms with Gasteiger partial charge in [-0.3, -0.25) is 4.79 Å². The van der Waals surface area contributed by atoms with Gasteiger partial charge in [-0.15, -0.1) is 0 Å². The van der Waals surface area contributed by atoms with E-state index in [1.807, 2.05) is 0 Å². The van der Waals surface area contributed by atoms with Gasteiger partial charge in [0.05, 0.1) is 0 Å². The van der Waals surface area contributed by atoms with Crippen LogP contribution in [0.4, 0.5) is 0 Å². The van der Waals surface area contributed by atoms with Gasteiger partial charge in [0.2, 0.25) is 5.91 Å². The van der Waals surface area contributed by atoms with E-state index < -0.39 is 11.5 Å². The minimum absolute atomic E-state index is 0.0533. The number of carboxylic acids is 1. The second-order valence-electron chi connectivity index (χ2n) is 4.36. The molecule has 1 amide bonds. The van der Waals surface area contributed by atoms with Gasteiger partial charge in [0.25, 0.3) is 0 Å². The minimum Gasteiger partial charge on any atom is -0.480 e. The van der Waals surface area contributed by atoms with E-state index in [0.29, 0.717) is 12.8 Å². The third-order valence-electron chi connectivity index (χ3n) is 3.25. The smallest absolute Gasteiger partial charge is 0.329 e. The van der Waals surface area contributed by atoms with Gasteiger partial charge in [-0.05, 0) is 25.7 Å². The molecule has 2 aliphatic rings. The summed E-state index contributed by atoms with van der Waals surface area (Å²) in [4.78, 5) is 22.5. The van der Waals surface area contributed by atoms with Crippen molar-refractivity contribution in [1.29, 1.82) is 0 Å². The summed E-state index contributed by atoms with van der Waals surface area (Å²) in [7, 11) is 0. The van der Waals surface area contributed by atoms with Gasteiger partial charge in [0, 0.05) is 5.92 Å². The molecule has 0 unspecified atom stereocenters. The van der Waals surface area contributed by atoms with Crippen molar-refractivity contribution < 1.29 is 14.7 Å². The second-order valence-corrected chi connectivity index (χ2v) is 4.36.